The van der Waals surface area contributed by atoms with Gasteiger partial charge in [-0.25, -0.2) is 59.8 Å². The molecule has 0 aliphatic carbocycles. The highest BCUT2D eigenvalue weighted by molar-refractivity contribution is 6.35. The summed E-state index contributed by atoms with van der Waals surface area (Å²) in [5, 5.41) is 3.13. The van der Waals surface area contributed by atoms with E-state index in [1.54, 1.807) is 7.11 Å². The summed E-state index contributed by atoms with van der Waals surface area (Å²) in [6.45, 7) is 24.5. The summed E-state index contributed by atoms with van der Waals surface area (Å²) < 4.78 is 5.51. The molecule has 135 heavy (non-hydrogen) atoms. The third kappa shape index (κ3) is 23.7. The smallest absolute Gasteiger partial charge is 0.122 e. The lowest BCUT2D eigenvalue weighted by molar-refractivity contribution is 0.411. The number of methoxy groups -OCH3 is 1. The third-order valence-corrected chi connectivity index (χ3v) is 24.3. The number of hydrogen-bond donors (Lipinski definition) is 0. The molecule has 0 N–H and O–H groups in total. The van der Waals surface area contributed by atoms with E-state index in [0.717, 1.165) is 249 Å². The number of hydrogen-bond acceptors (Lipinski definition) is 13. The minimum Gasteiger partial charge on any atom is -0.496 e. The molecule has 0 saturated carbocycles. The van der Waals surface area contributed by atoms with Crippen LogP contribution in [0.4, 0.5) is 0 Å². The second kappa shape index (κ2) is 44.8. The maximum atomic E-state index is 6.34. The van der Waals surface area contributed by atoms with Gasteiger partial charge in [0.2, 0.25) is 0 Å². The van der Waals surface area contributed by atoms with E-state index in [0.29, 0.717) is 5.02 Å². The molecule has 19 rings (SSSR count). The Morgan fingerprint density at radius 2 is 0.548 bits per heavy atom. The van der Waals surface area contributed by atoms with Crippen LogP contribution in [0.1, 0.15) is 127 Å². The van der Waals surface area contributed by atoms with Crippen LogP contribution in [0.5, 0.6) is 5.75 Å². The van der Waals surface area contributed by atoms with Crippen molar-refractivity contribution in [3.63, 3.8) is 0 Å². The third-order valence-electron chi connectivity index (χ3n) is 23.8. The number of nitrogens with zero attached hydrogens (tertiary/aromatic N) is 12. The van der Waals surface area contributed by atoms with Gasteiger partial charge in [0.15, 0.2) is 0 Å². The highest BCUT2D eigenvalue weighted by Crippen LogP contribution is 2.36. The molecule has 0 fully saturated rings. The Morgan fingerprint density at radius 1 is 0.244 bits per heavy atom. The molecule has 0 bridgehead atoms. The lowest BCUT2D eigenvalue weighted by Crippen LogP contribution is -1.98. The Bertz CT molecular complexity index is 7830. The van der Waals surface area contributed by atoms with Crippen LogP contribution >= 0.6 is 11.6 Å². The molecule has 664 valence electrons. The van der Waals surface area contributed by atoms with Gasteiger partial charge in [0.1, 0.15) is 11.3 Å². The Balaban J connectivity index is 0.000000130. The number of benzene rings is 13. The molecule has 0 saturated heterocycles. The topological polar surface area (TPSA) is 164 Å². The van der Waals surface area contributed by atoms with Crippen LogP contribution in [0.2, 0.25) is 5.02 Å². The van der Waals surface area contributed by atoms with Gasteiger partial charge >= 0.3 is 0 Å². The zero-order valence-electron chi connectivity index (χ0n) is 78.9. The zero-order chi connectivity index (χ0) is 95.2. The molecule has 6 aromatic heterocycles. The molecule has 0 atom stereocenters. The van der Waals surface area contributed by atoms with Crippen LogP contribution in [0, 0.1) is 145 Å². The minimum atomic E-state index is 0.683. The molecule has 0 spiro atoms. The number of terminal acetylenes is 5. The molecule has 19 aromatic rings. The lowest BCUT2D eigenvalue weighted by atomic mass is 10.0. The maximum Gasteiger partial charge on any atom is 0.122 e. The van der Waals surface area contributed by atoms with Gasteiger partial charge in [0.25, 0.3) is 0 Å². The summed E-state index contributed by atoms with van der Waals surface area (Å²) in [7, 11) is 1.70. The Hall–Kier alpha value is -16.0. The summed E-state index contributed by atoms with van der Waals surface area (Å²) in [5.74, 6) is 14.3. The largest absolute Gasteiger partial charge is 0.496 e. The normalized spacial score (nSPS) is 10.7. The van der Waals surface area contributed by atoms with E-state index >= 15 is 0 Å². The number of aromatic nitrogens is 12. The second-order valence-electron chi connectivity index (χ2n) is 33.7. The predicted octanol–water partition coefficient (Wildman–Crippen LogP) is 28.1. The van der Waals surface area contributed by atoms with Crippen LogP contribution in [-0.4, -0.2) is 66.9 Å². The van der Waals surface area contributed by atoms with Crippen molar-refractivity contribution in [3.8, 4) is 135 Å². The first-order valence-corrected chi connectivity index (χ1v) is 45.7. The molecular formula is C121H107ClN12O. The van der Waals surface area contributed by atoms with Crippen molar-refractivity contribution in [2.75, 3.05) is 7.11 Å². The molecule has 13 nitrogen and oxygen atoms in total. The second-order valence-corrected chi connectivity index (χ2v) is 34.1. The minimum absolute atomic E-state index is 0.683. The van der Waals surface area contributed by atoms with E-state index < -0.39 is 0 Å². The van der Waals surface area contributed by atoms with Crippen LogP contribution in [0.3, 0.4) is 0 Å². The molecule has 0 radical (unpaired) electrons. The van der Waals surface area contributed by atoms with Gasteiger partial charge < -0.3 is 4.74 Å². The van der Waals surface area contributed by atoms with Crippen molar-refractivity contribution in [3.05, 3.63) is 361 Å². The van der Waals surface area contributed by atoms with E-state index in [9.17, 15) is 0 Å². The average Bonchev–Trinajstić information content (AvgIpc) is 0.792. The highest BCUT2D eigenvalue weighted by atomic mass is 35.5. The van der Waals surface area contributed by atoms with Crippen LogP contribution in [0.15, 0.2) is 261 Å². The quantitative estimate of drug-likeness (QED) is 0.0792. The first-order chi connectivity index (χ1) is 65.5. The van der Waals surface area contributed by atoms with Crippen molar-refractivity contribution >= 4 is 88.6 Å². The van der Waals surface area contributed by atoms with E-state index in [4.69, 9.17) is 98.3 Å². The van der Waals surface area contributed by atoms with E-state index in [-0.39, 0.29) is 0 Å². The Labute approximate surface area is 798 Å². The van der Waals surface area contributed by atoms with Gasteiger partial charge in [0.05, 0.1) is 141 Å². The molecule has 0 amide bonds. The van der Waals surface area contributed by atoms with Crippen molar-refractivity contribution < 1.29 is 4.74 Å². The molecule has 14 heteroatoms. The van der Waals surface area contributed by atoms with Crippen molar-refractivity contribution in [1.82, 2.24) is 59.8 Å². The molecule has 0 unspecified atom stereocenters. The zero-order valence-corrected chi connectivity index (χ0v) is 79.7. The van der Waals surface area contributed by atoms with E-state index in [2.05, 4.69) is 238 Å². The summed E-state index contributed by atoms with van der Waals surface area (Å²) in [5.41, 5.74) is 41.7. The van der Waals surface area contributed by atoms with Crippen molar-refractivity contribution in [2.45, 2.75) is 147 Å². The standard InChI is InChI=1S/C23H18N2.C22H22N2O.C21H20N2.C20H18N2.C19H16N2.C16H13ClN2/c1-3-4-7-17-10-13-21-22(14-17)25-23(16(2)24-21)20-12-11-18-8-5-6-9-19(18)15-20;1-6-7-8-17-9-10-19-20(12-17)24-22(16(4)23-19)18-11-14(2)15(3)21(13-18)25-5;1-5-6-7-17-9-11-19-20(13-17)23-21(16(4)22-19)18-10-8-14(2)15(3)12-18;1-4-5-6-16-9-12-18-19(13-16)22-20(15(3)21-18)17-10-7-14(2)8-11-17;1-3-4-8-15-11-12-17-18(13-15)21-19(14(2)20-17)16-9-6-5-7-10-16;1-10-8-9-13-16(14(10)17)19-15(11(2)18-13)12-6-4-3-5-7-12/h1,5-6,8-15H,4,7H2,2H3;1,9-13H,7-8H2,2-5H3;1,8-13H,6-7H2,2-4H3;1,7-13H,5-6H2,2-3H3;1,5-7,9-13H,4,8H2,2H3;3-9H,1-2H3. The van der Waals surface area contributed by atoms with E-state index in [1.165, 1.54) is 60.8 Å². The average molecular weight is 1780 g/mol. The Morgan fingerprint density at radius 3 is 0.926 bits per heavy atom. The number of fused-ring (bicyclic) bond motifs is 7. The van der Waals surface area contributed by atoms with Gasteiger partial charge in [-0.1, -0.05) is 187 Å². The van der Waals surface area contributed by atoms with E-state index in [1.807, 2.05) is 146 Å². The van der Waals surface area contributed by atoms with Gasteiger partial charge in [-0.2, -0.15) is 0 Å². The number of aryl methyl sites for hydroxylation is 16. The van der Waals surface area contributed by atoms with Crippen LogP contribution in [-0.2, 0) is 32.1 Å². The summed E-state index contributed by atoms with van der Waals surface area (Å²) in [6.07, 6.45) is 34.8. The fraction of sp³-hybridized carbons (Fsp3) is 0.190. The summed E-state index contributed by atoms with van der Waals surface area (Å²) in [6, 6.07) is 89.0. The maximum absolute atomic E-state index is 6.34. The van der Waals surface area contributed by atoms with Gasteiger partial charge in [-0.3, -0.25) is 0 Å². The molecular weight excluding hydrogens is 1670 g/mol. The first kappa shape index (κ1) is 95.1. The summed E-state index contributed by atoms with van der Waals surface area (Å²) in [4.78, 5) is 57.2. The van der Waals surface area contributed by atoms with Crippen LogP contribution in [0.25, 0.3) is 145 Å². The molecule has 0 aliphatic heterocycles. The highest BCUT2D eigenvalue weighted by Gasteiger charge is 2.19. The Kier molecular flexibility index (Phi) is 31.6. The van der Waals surface area contributed by atoms with Crippen molar-refractivity contribution in [1.29, 1.82) is 0 Å². The molecule has 6 heterocycles. The van der Waals surface area contributed by atoms with Crippen molar-refractivity contribution in [2.24, 2.45) is 0 Å². The lowest BCUT2D eigenvalue weighted by Gasteiger charge is -2.13. The fourth-order valence-corrected chi connectivity index (χ4v) is 16.2. The van der Waals surface area contributed by atoms with Gasteiger partial charge in [-0.05, 0) is 273 Å². The first-order valence-electron chi connectivity index (χ1n) is 45.3. The molecule has 0 aliphatic rings. The number of ether oxygens (including phenoxy) is 1. The van der Waals surface area contributed by atoms with Gasteiger partial charge in [0, 0.05) is 65.5 Å². The van der Waals surface area contributed by atoms with Crippen LogP contribution < -0.4 is 4.74 Å². The monoisotopic (exact) mass is 1780 g/mol. The van der Waals surface area contributed by atoms with Gasteiger partial charge in [-0.15, -0.1) is 61.7 Å². The molecule has 13 aromatic carbocycles. The SMILES string of the molecule is C#CCCc1ccc2nc(C)c(-c3cc(C)c(C)c(OC)c3)nc2c1.C#CCCc1ccc2nc(C)c(-c3ccc(C)c(C)c3)nc2c1.C#CCCc1ccc2nc(C)c(-c3ccc(C)cc3)nc2c1.C#CCCc1ccc2nc(C)c(-c3ccc4ccccc4c3)nc2c1.C#CCCc1ccc2nc(C)c(-c3ccccc3)nc2c1.Cc1ccc2nc(C)c(-c3ccccc3)nc2c1Cl. The fourth-order valence-electron chi connectivity index (χ4n) is 16.0. The summed E-state index contributed by atoms with van der Waals surface area (Å²) >= 11 is 6.34. The number of rotatable bonds is 17. The number of halogens is 1. The predicted molar refractivity (Wildman–Crippen MR) is 562 cm³/mol.